The van der Waals surface area contributed by atoms with Gasteiger partial charge in [-0.1, -0.05) is 0 Å². The van der Waals surface area contributed by atoms with Crippen molar-refractivity contribution in [3.63, 3.8) is 0 Å². The number of ketones is 1. The first-order valence-electron chi connectivity index (χ1n) is 7.42. The molecule has 2 aromatic carbocycles. The van der Waals surface area contributed by atoms with E-state index in [1.54, 1.807) is 42.5 Å². The average Bonchev–Trinajstić information content (AvgIpc) is 3.16. The number of Topliss-reactive ketones (excluding diaryl/α,β-unsaturated/α-hetero) is 1. The average molecular weight is 337 g/mol. The van der Waals surface area contributed by atoms with E-state index in [4.69, 9.17) is 4.74 Å². The molecule has 1 N–H and O–H groups in total. The molecule has 8 heteroatoms. The highest BCUT2D eigenvalue weighted by molar-refractivity contribution is 6.05. The van der Waals surface area contributed by atoms with E-state index in [9.17, 15) is 9.59 Å². The van der Waals surface area contributed by atoms with E-state index in [2.05, 4.69) is 20.8 Å². The monoisotopic (exact) mass is 337 g/mol. The van der Waals surface area contributed by atoms with Gasteiger partial charge in [0.1, 0.15) is 17.8 Å². The van der Waals surface area contributed by atoms with Crippen molar-refractivity contribution in [1.29, 1.82) is 0 Å². The maximum Gasteiger partial charge on any atom is 0.255 e. The van der Waals surface area contributed by atoms with E-state index in [1.807, 2.05) is 0 Å². The Morgan fingerprint density at radius 3 is 2.40 bits per heavy atom. The van der Waals surface area contributed by atoms with E-state index >= 15 is 0 Å². The third-order valence-corrected chi connectivity index (χ3v) is 3.59. The topological polar surface area (TPSA) is 99.0 Å². The summed E-state index contributed by atoms with van der Waals surface area (Å²) in [5.41, 5.74) is 2.23. The minimum Gasteiger partial charge on any atom is -0.494 e. The van der Waals surface area contributed by atoms with Gasteiger partial charge in [-0.25, -0.2) is 0 Å². The minimum atomic E-state index is -0.294. The van der Waals surface area contributed by atoms with Gasteiger partial charge in [0.05, 0.1) is 7.11 Å². The summed E-state index contributed by atoms with van der Waals surface area (Å²) in [4.78, 5) is 23.7. The zero-order valence-corrected chi connectivity index (χ0v) is 13.6. The molecule has 0 aliphatic carbocycles. The van der Waals surface area contributed by atoms with Crippen molar-refractivity contribution in [1.82, 2.24) is 20.2 Å². The van der Waals surface area contributed by atoms with Crippen molar-refractivity contribution in [2.75, 3.05) is 12.4 Å². The van der Waals surface area contributed by atoms with Gasteiger partial charge in [0, 0.05) is 16.8 Å². The molecular formula is C17H15N5O3. The molecule has 25 heavy (non-hydrogen) atoms. The van der Waals surface area contributed by atoms with Gasteiger partial charge >= 0.3 is 0 Å². The number of methoxy groups -OCH3 is 1. The van der Waals surface area contributed by atoms with Crippen LogP contribution >= 0.6 is 0 Å². The Bertz CT molecular complexity index is 905. The van der Waals surface area contributed by atoms with Crippen molar-refractivity contribution in [2.45, 2.75) is 6.92 Å². The maximum absolute atomic E-state index is 12.4. The molecule has 0 saturated heterocycles. The second-order valence-corrected chi connectivity index (χ2v) is 5.23. The highest BCUT2D eigenvalue weighted by Gasteiger charge is 2.13. The summed E-state index contributed by atoms with van der Waals surface area (Å²) in [5, 5.41) is 13.7. The molecular weight excluding hydrogens is 322 g/mol. The molecule has 1 heterocycles. The molecule has 3 rings (SSSR count). The Hall–Kier alpha value is -3.55. The number of amides is 1. The molecule has 0 bridgehead atoms. The van der Waals surface area contributed by atoms with Crippen LogP contribution < -0.4 is 10.1 Å². The third kappa shape index (κ3) is 3.52. The van der Waals surface area contributed by atoms with Gasteiger partial charge in [0.2, 0.25) is 0 Å². The molecule has 0 saturated carbocycles. The molecule has 1 aromatic heterocycles. The number of hydrogen-bond acceptors (Lipinski definition) is 6. The van der Waals surface area contributed by atoms with E-state index in [0.717, 1.165) is 0 Å². The summed E-state index contributed by atoms with van der Waals surface area (Å²) in [6.07, 6.45) is 1.44. The molecule has 0 radical (unpaired) electrons. The Morgan fingerprint density at radius 2 is 1.80 bits per heavy atom. The summed E-state index contributed by atoms with van der Waals surface area (Å²) in [7, 11) is 1.51. The Balaban J connectivity index is 1.81. The predicted molar refractivity (Wildman–Crippen MR) is 90.1 cm³/mol. The first-order valence-corrected chi connectivity index (χ1v) is 7.42. The van der Waals surface area contributed by atoms with Crippen LogP contribution in [0.4, 0.5) is 5.69 Å². The van der Waals surface area contributed by atoms with Crippen LogP contribution in [0.2, 0.25) is 0 Å². The molecule has 126 valence electrons. The lowest BCUT2D eigenvalue weighted by Gasteiger charge is -2.10. The van der Waals surface area contributed by atoms with E-state index < -0.39 is 0 Å². The normalized spacial score (nSPS) is 10.3. The van der Waals surface area contributed by atoms with Gasteiger partial charge in [-0.3, -0.25) is 9.59 Å². The SMILES string of the molecule is COc1cc(C(=O)Nc2ccc(C(C)=O)cc2)ccc1-n1cnnn1. The van der Waals surface area contributed by atoms with Crippen molar-refractivity contribution < 1.29 is 14.3 Å². The summed E-state index contributed by atoms with van der Waals surface area (Å²) >= 11 is 0. The van der Waals surface area contributed by atoms with Gasteiger partial charge in [-0.15, -0.1) is 5.10 Å². The molecule has 8 nitrogen and oxygen atoms in total. The highest BCUT2D eigenvalue weighted by atomic mass is 16.5. The van der Waals surface area contributed by atoms with Crippen LogP contribution in [0.5, 0.6) is 5.75 Å². The smallest absolute Gasteiger partial charge is 0.255 e. The number of nitrogens with one attached hydrogen (secondary N) is 1. The number of rotatable bonds is 5. The fraction of sp³-hybridized carbons (Fsp3) is 0.118. The molecule has 0 atom stereocenters. The lowest BCUT2D eigenvalue weighted by molar-refractivity contribution is 0.101. The number of anilines is 1. The minimum absolute atomic E-state index is 0.0270. The first kappa shape index (κ1) is 16.3. The van der Waals surface area contributed by atoms with Gasteiger partial charge in [-0.05, 0) is 59.8 Å². The lowest BCUT2D eigenvalue weighted by Crippen LogP contribution is -2.12. The Labute approximate surface area is 143 Å². The number of tetrazole rings is 1. The second kappa shape index (κ2) is 6.91. The van der Waals surface area contributed by atoms with Crippen molar-refractivity contribution in [3.8, 4) is 11.4 Å². The van der Waals surface area contributed by atoms with Crippen LogP contribution in [0.3, 0.4) is 0 Å². The van der Waals surface area contributed by atoms with Crippen LogP contribution in [-0.2, 0) is 0 Å². The van der Waals surface area contributed by atoms with Crippen LogP contribution in [0.25, 0.3) is 5.69 Å². The number of benzene rings is 2. The van der Waals surface area contributed by atoms with E-state index in [-0.39, 0.29) is 11.7 Å². The summed E-state index contributed by atoms with van der Waals surface area (Å²) in [5.74, 6) is 0.143. The fourth-order valence-electron chi connectivity index (χ4n) is 2.27. The standard InChI is InChI=1S/C17H15N5O3/c1-11(23)12-3-6-14(7-4-12)19-17(24)13-5-8-15(16(9-13)25-2)22-10-18-20-21-22/h3-10H,1-2H3,(H,19,24). The molecule has 3 aromatic rings. The zero-order valence-electron chi connectivity index (χ0n) is 13.6. The van der Waals surface area contributed by atoms with Crippen LogP contribution in [-0.4, -0.2) is 39.0 Å². The van der Waals surface area contributed by atoms with Gasteiger partial charge in [0.15, 0.2) is 5.78 Å². The first-order chi connectivity index (χ1) is 12.1. The van der Waals surface area contributed by atoms with Crippen molar-refractivity contribution >= 4 is 17.4 Å². The summed E-state index contributed by atoms with van der Waals surface area (Å²) in [6.45, 7) is 1.49. The van der Waals surface area contributed by atoms with E-state index in [0.29, 0.717) is 28.3 Å². The summed E-state index contributed by atoms with van der Waals surface area (Å²) < 4.78 is 6.76. The number of aromatic nitrogens is 4. The number of hydrogen-bond donors (Lipinski definition) is 1. The molecule has 0 unspecified atom stereocenters. The van der Waals surface area contributed by atoms with Crippen molar-refractivity contribution in [2.24, 2.45) is 0 Å². The molecule has 0 fully saturated rings. The number of ether oxygens (including phenoxy) is 1. The summed E-state index contributed by atoms with van der Waals surface area (Å²) in [6, 6.07) is 11.7. The molecule has 0 aliphatic heterocycles. The lowest BCUT2D eigenvalue weighted by atomic mass is 10.1. The number of nitrogens with zero attached hydrogens (tertiary/aromatic N) is 4. The predicted octanol–water partition coefficient (Wildman–Crippen LogP) is 2.13. The van der Waals surface area contributed by atoms with Crippen molar-refractivity contribution in [3.05, 3.63) is 59.9 Å². The fourth-order valence-corrected chi connectivity index (χ4v) is 2.27. The number of carbonyl (C=O) groups is 2. The van der Waals surface area contributed by atoms with Gasteiger partial charge < -0.3 is 10.1 Å². The Kier molecular flexibility index (Phi) is 4.51. The van der Waals surface area contributed by atoms with Gasteiger partial charge in [0.25, 0.3) is 5.91 Å². The zero-order chi connectivity index (χ0) is 17.8. The van der Waals surface area contributed by atoms with Gasteiger partial charge in [-0.2, -0.15) is 4.68 Å². The van der Waals surface area contributed by atoms with Crippen LogP contribution in [0.1, 0.15) is 27.6 Å². The highest BCUT2D eigenvalue weighted by Crippen LogP contribution is 2.24. The van der Waals surface area contributed by atoms with Crippen LogP contribution in [0, 0.1) is 0 Å². The molecule has 0 aliphatic rings. The Morgan fingerprint density at radius 1 is 1.08 bits per heavy atom. The second-order valence-electron chi connectivity index (χ2n) is 5.23. The quantitative estimate of drug-likeness (QED) is 0.716. The molecule has 0 spiro atoms. The molecule has 1 amide bonds. The largest absolute Gasteiger partial charge is 0.494 e. The maximum atomic E-state index is 12.4. The van der Waals surface area contributed by atoms with Crippen LogP contribution in [0.15, 0.2) is 48.8 Å². The third-order valence-electron chi connectivity index (χ3n) is 3.59. The number of carbonyl (C=O) groups excluding carboxylic acids is 2. The van der Waals surface area contributed by atoms with E-state index in [1.165, 1.54) is 25.0 Å².